The quantitative estimate of drug-likeness (QED) is 0.616. The van der Waals surface area contributed by atoms with Gasteiger partial charge in [0.15, 0.2) is 0 Å². The molecule has 5 atom stereocenters. The van der Waals surface area contributed by atoms with E-state index in [-0.39, 0.29) is 12.1 Å². The molecule has 0 aromatic carbocycles. The van der Waals surface area contributed by atoms with E-state index in [2.05, 4.69) is 31.3 Å². The molecule has 0 spiro atoms. The molecule has 1 fully saturated rings. The van der Waals surface area contributed by atoms with Crippen LogP contribution >= 0.6 is 0 Å². The molecule has 0 radical (unpaired) electrons. The molecule has 1 aromatic rings. The average molecular weight is 252 g/mol. The van der Waals surface area contributed by atoms with Crippen LogP contribution in [0.1, 0.15) is 26.5 Å². The predicted molar refractivity (Wildman–Crippen MR) is 70.7 cm³/mol. The number of ether oxygens (including phenoxy) is 1. The van der Waals surface area contributed by atoms with Gasteiger partial charge in [-0.2, -0.15) is 5.10 Å². The predicted octanol–water partition coefficient (Wildman–Crippen LogP) is 0.854. The van der Waals surface area contributed by atoms with Gasteiger partial charge in [-0.3, -0.25) is 16.0 Å². The molecule has 5 nitrogen and oxygen atoms in total. The van der Waals surface area contributed by atoms with Crippen molar-refractivity contribution in [2.24, 2.45) is 24.7 Å². The Hall–Kier alpha value is -0.910. The molecule has 0 amide bonds. The molecule has 1 saturated heterocycles. The summed E-state index contributed by atoms with van der Waals surface area (Å²) >= 11 is 0. The number of nitrogens with two attached hydrogens (primary N) is 1. The molecule has 18 heavy (non-hydrogen) atoms. The lowest BCUT2D eigenvalue weighted by atomic mass is 9.82. The molecule has 2 heterocycles. The van der Waals surface area contributed by atoms with E-state index in [1.165, 1.54) is 0 Å². The maximum Gasteiger partial charge on any atom is 0.0640 e. The van der Waals surface area contributed by atoms with Crippen LogP contribution in [0, 0.1) is 11.8 Å². The van der Waals surface area contributed by atoms with Gasteiger partial charge in [0.25, 0.3) is 0 Å². The molecule has 102 valence electrons. The van der Waals surface area contributed by atoms with Crippen LogP contribution in [0.5, 0.6) is 0 Å². The first-order valence-electron chi connectivity index (χ1n) is 6.63. The molecule has 3 N–H and O–H groups in total. The van der Waals surface area contributed by atoms with Crippen LogP contribution in [0.15, 0.2) is 12.3 Å². The second kappa shape index (κ2) is 5.38. The summed E-state index contributed by atoms with van der Waals surface area (Å²) in [5.74, 6) is 6.66. The maximum atomic E-state index is 5.89. The standard InChI is InChI=1S/C13H24N4O/c1-8-9(2)18-10(3)13(8)12(15-14)7-11-5-6-17(4)16-11/h5-6,8-10,12-13,15H,7,14H2,1-4H3. The van der Waals surface area contributed by atoms with E-state index in [9.17, 15) is 0 Å². The van der Waals surface area contributed by atoms with E-state index in [1.807, 2.05) is 24.0 Å². The lowest BCUT2D eigenvalue weighted by molar-refractivity contribution is 0.0475. The van der Waals surface area contributed by atoms with Crippen molar-refractivity contribution in [2.45, 2.75) is 45.4 Å². The Balaban J connectivity index is 2.08. The summed E-state index contributed by atoms with van der Waals surface area (Å²) in [6, 6.07) is 2.24. The van der Waals surface area contributed by atoms with Crippen LogP contribution < -0.4 is 11.3 Å². The summed E-state index contributed by atoms with van der Waals surface area (Å²) in [6.45, 7) is 6.50. The molecule has 0 bridgehead atoms. The Morgan fingerprint density at radius 1 is 1.44 bits per heavy atom. The minimum Gasteiger partial charge on any atom is -0.375 e. The lowest BCUT2D eigenvalue weighted by Gasteiger charge is -2.27. The van der Waals surface area contributed by atoms with Crippen LogP contribution in [0.25, 0.3) is 0 Å². The van der Waals surface area contributed by atoms with Gasteiger partial charge in [0, 0.05) is 31.6 Å². The van der Waals surface area contributed by atoms with Crippen LogP contribution in [-0.4, -0.2) is 28.0 Å². The molecule has 5 unspecified atom stereocenters. The Morgan fingerprint density at radius 3 is 2.61 bits per heavy atom. The van der Waals surface area contributed by atoms with Gasteiger partial charge in [0.05, 0.1) is 17.9 Å². The van der Waals surface area contributed by atoms with Crippen molar-refractivity contribution in [1.29, 1.82) is 0 Å². The lowest BCUT2D eigenvalue weighted by Crippen LogP contribution is -2.46. The van der Waals surface area contributed by atoms with E-state index in [0.717, 1.165) is 12.1 Å². The van der Waals surface area contributed by atoms with Crippen molar-refractivity contribution in [3.8, 4) is 0 Å². The number of rotatable bonds is 4. The molecule has 1 aliphatic heterocycles. The zero-order chi connectivity index (χ0) is 13.3. The number of hydrogen-bond acceptors (Lipinski definition) is 4. The smallest absolute Gasteiger partial charge is 0.0640 e. The van der Waals surface area contributed by atoms with Crippen LogP contribution in [0.3, 0.4) is 0 Å². The first kappa shape index (κ1) is 13.5. The topological polar surface area (TPSA) is 65.1 Å². The van der Waals surface area contributed by atoms with Gasteiger partial charge in [0.1, 0.15) is 0 Å². The molecule has 2 rings (SSSR count). The van der Waals surface area contributed by atoms with Gasteiger partial charge in [-0.05, 0) is 25.8 Å². The van der Waals surface area contributed by atoms with Gasteiger partial charge < -0.3 is 4.74 Å². The van der Waals surface area contributed by atoms with Crippen molar-refractivity contribution in [3.05, 3.63) is 18.0 Å². The maximum absolute atomic E-state index is 5.89. The molecule has 0 aliphatic carbocycles. The first-order valence-corrected chi connectivity index (χ1v) is 6.63. The fraction of sp³-hybridized carbons (Fsp3) is 0.769. The number of nitrogens with zero attached hydrogens (tertiary/aromatic N) is 2. The number of nitrogens with one attached hydrogen (secondary N) is 1. The van der Waals surface area contributed by atoms with E-state index < -0.39 is 0 Å². The third kappa shape index (κ3) is 2.58. The fourth-order valence-electron chi connectivity index (χ4n) is 3.09. The highest BCUT2D eigenvalue weighted by Crippen LogP contribution is 2.35. The van der Waals surface area contributed by atoms with Gasteiger partial charge in [-0.1, -0.05) is 6.92 Å². The van der Waals surface area contributed by atoms with Crippen molar-refractivity contribution in [2.75, 3.05) is 0 Å². The summed E-state index contributed by atoms with van der Waals surface area (Å²) in [6.07, 6.45) is 3.33. The van der Waals surface area contributed by atoms with Gasteiger partial charge in [-0.15, -0.1) is 0 Å². The third-order valence-electron chi connectivity index (χ3n) is 4.20. The normalized spacial score (nSPS) is 33.8. The zero-order valence-electron chi connectivity index (χ0n) is 11.6. The Labute approximate surface area is 109 Å². The Bertz CT molecular complexity index is 392. The van der Waals surface area contributed by atoms with Gasteiger partial charge in [-0.25, -0.2) is 0 Å². The number of aryl methyl sites for hydroxylation is 1. The van der Waals surface area contributed by atoms with Crippen LogP contribution in [-0.2, 0) is 18.2 Å². The summed E-state index contributed by atoms with van der Waals surface area (Å²) in [4.78, 5) is 0. The SMILES string of the molecule is CC1OC(C)C(C(Cc2ccn(C)n2)NN)C1C. The second-order valence-corrected chi connectivity index (χ2v) is 5.44. The molecular weight excluding hydrogens is 228 g/mol. The molecular formula is C13H24N4O. The Kier molecular flexibility index (Phi) is 4.04. The monoisotopic (exact) mass is 252 g/mol. The minimum absolute atomic E-state index is 0.204. The van der Waals surface area contributed by atoms with E-state index in [0.29, 0.717) is 17.9 Å². The second-order valence-electron chi connectivity index (χ2n) is 5.44. The van der Waals surface area contributed by atoms with Crippen molar-refractivity contribution >= 4 is 0 Å². The number of hydrazine groups is 1. The van der Waals surface area contributed by atoms with Gasteiger partial charge >= 0.3 is 0 Å². The molecule has 5 heteroatoms. The highest BCUT2D eigenvalue weighted by atomic mass is 16.5. The molecule has 1 aliphatic rings. The number of hydrogen-bond donors (Lipinski definition) is 2. The van der Waals surface area contributed by atoms with Crippen molar-refractivity contribution < 1.29 is 4.74 Å². The summed E-state index contributed by atoms with van der Waals surface area (Å²) in [5.41, 5.74) is 4.02. The highest BCUT2D eigenvalue weighted by Gasteiger charge is 2.41. The van der Waals surface area contributed by atoms with Gasteiger partial charge in [0.2, 0.25) is 0 Å². The Morgan fingerprint density at radius 2 is 2.17 bits per heavy atom. The van der Waals surface area contributed by atoms with Crippen LogP contribution in [0.2, 0.25) is 0 Å². The van der Waals surface area contributed by atoms with Crippen LogP contribution in [0.4, 0.5) is 0 Å². The largest absolute Gasteiger partial charge is 0.375 e. The number of aromatic nitrogens is 2. The highest BCUT2D eigenvalue weighted by molar-refractivity contribution is 5.04. The van der Waals surface area contributed by atoms with Crippen molar-refractivity contribution in [1.82, 2.24) is 15.2 Å². The summed E-state index contributed by atoms with van der Waals surface area (Å²) in [5, 5.41) is 4.42. The fourth-order valence-corrected chi connectivity index (χ4v) is 3.09. The third-order valence-corrected chi connectivity index (χ3v) is 4.20. The van der Waals surface area contributed by atoms with E-state index >= 15 is 0 Å². The molecule has 0 saturated carbocycles. The summed E-state index contributed by atoms with van der Waals surface area (Å²) in [7, 11) is 1.93. The summed E-state index contributed by atoms with van der Waals surface area (Å²) < 4.78 is 7.71. The zero-order valence-corrected chi connectivity index (χ0v) is 11.6. The minimum atomic E-state index is 0.204. The first-order chi connectivity index (χ1) is 8.52. The van der Waals surface area contributed by atoms with E-state index in [1.54, 1.807) is 0 Å². The molecule has 1 aromatic heterocycles. The van der Waals surface area contributed by atoms with Crippen molar-refractivity contribution in [3.63, 3.8) is 0 Å². The average Bonchev–Trinajstić information content (AvgIpc) is 2.82. The van der Waals surface area contributed by atoms with E-state index in [4.69, 9.17) is 10.6 Å².